The molecule has 9 heteroatoms. The summed E-state index contributed by atoms with van der Waals surface area (Å²) in [5, 5.41) is 0. The summed E-state index contributed by atoms with van der Waals surface area (Å²) >= 11 is 0. The fraction of sp³-hybridized carbons (Fsp3) is 0.333. The maximum atomic E-state index is 12.3. The van der Waals surface area contributed by atoms with Gasteiger partial charge in [-0.3, -0.25) is 0 Å². The van der Waals surface area contributed by atoms with Crippen LogP contribution in [0.25, 0.3) is 0 Å². The van der Waals surface area contributed by atoms with E-state index in [1.54, 1.807) is 6.07 Å². The van der Waals surface area contributed by atoms with Gasteiger partial charge in [0.25, 0.3) is 0 Å². The molecule has 1 aliphatic heterocycles. The molecule has 0 bridgehead atoms. The molecule has 0 aliphatic carbocycles. The first-order valence-electron chi connectivity index (χ1n) is 5.99. The highest BCUT2D eigenvalue weighted by molar-refractivity contribution is 8.03. The van der Waals surface area contributed by atoms with Crippen LogP contribution in [-0.4, -0.2) is 42.5 Å². The lowest BCUT2D eigenvalue weighted by atomic mass is 10.4. The van der Waals surface area contributed by atoms with E-state index >= 15 is 0 Å². The van der Waals surface area contributed by atoms with Gasteiger partial charge in [-0.2, -0.15) is 0 Å². The van der Waals surface area contributed by atoms with Crippen molar-refractivity contribution in [2.24, 2.45) is 0 Å². The van der Waals surface area contributed by atoms with E-state index in [1.165, 1.54) is 24.3 Å². The predicted molar refractivity (Wildman–Crippen MR) is 78.8 cm³/mol. The van der Waals surface area contributed by atoms with E-state index in [0.29, 0.717) is 0 Å². The molecule has 6 nitrogen and oxygen atoms in total. The molecule has 0 saturated heterocycles. The third-order valence-corrected chi connectivity index (χ3v) is 9.37. The predicted octanol–water partition coefficient (Wildman–Crippen LogP) is 0.535. The zero-order valence-electron chi connectivity index (χ0n) is 11.2. The fourth-order valence-corrected chi connectivity index (χ4v) is 8.47. The standard InChI is InChI=1S/C12H14O6S3/c1-10-12(20(15,16)8-7-19(10,13)14)9-21(17,18)11-5-3-2-4-6-11/h2-6H,7-9H2,1H3. The Bertz CT molecular complexity index is 891. The molecule has 1 aromatic rings. The summed E-state index contributed by atoms with van der Waals surface area (Å²) in [5.74, 6) is -1.91. The molecule has 0 fully saturated rings. The molecule has 0 amide bonds. The van der Waals surface area contributed by atoms with Gasteiger partial charge in [0.05, 0.1) is 32.0 Å². The van der Waals surface area contributed by atoms with Gasteiger partial charge in [-0.25, -0.2) is 25.3 Å². The van der Waals surface area contributed by atoms with E-state index in [-0.39, 0.29) is 9.80 Å². The summed E-state index contributed by atoms with van der Waals surface area (Å²) in [7, 11) is -11.5. The third-order valence-electron chi connectivity index (χ3n) is 3.28. The Labute approximate surface area is 124 Å². The quantitative estimate of drug-likeness (QED) is 0.788. The highest BCUT2D eigenvalue weighted by Crippen LogP contribution is 2.27. The molecule has 116 valence electrons. The summed E-state index contributed by atoms with van der Waals surface area (Å²) in [5.41, 5.74) is 0. The first-order valence-corrected chi connectivity index (χ1v) is 10.9. The van der Waals surface area contributed by atoms with E-state index < -0.39 is 51.7 Å². The molecule has 0 saturated carbocycles. The van der Waals surface area contributed by atoms with Gasteiger partial charge in [-0.15, -0.1) is 0 Å². The smallest absolute Gasteiger partial charge is 0.183 e. The monoisotopic (exact) mass is 350 g/mol. The maximum Gasteiger partial charge on any atom is 0.183 e. The lowest BCUT2D eigenvalue weighted by Crippen LogP contribution is -2.30. The zero-order chi connectivity index (χ0) is 15.9. The van der Waals surface area contributed by atoms with Gasteiger partial charge in [0.1, 0.15) is 0 Å². The summed E-state index contributed by atoms with van der Waals surface area (Å²) in [6.07, 6.45) is 0. The van der Waals surface area contributed by atoms with Crippen molar-refractivity contribution in [1.29, 1.82) is 0 Å². The Morgan fingerprint density at radius 2 is 1.48 bits per heavy atom. The first kappa shape index (κ1) is 16.2. The topological polar surface area (TPSA) is 102 Å². The van der Waals surface area contributed by atoms with Crippen molar-refractivity contribution in [3.63, 3.8) is 0 Å². The molecule has 1 aromatic carbocycles. The Kier molecular flexibility index (Phi) is 4.02. The summed E-state index contributed by atoms with van der Waals surface area (Å²) in [6, 6.07) is 7.34. The van der Waals surface area contributed by atoms with Crippen LogP contribution in [0, 0.1) is 0 Å². The molecule has 0 unspecified atom stereocenters. The fourth-order valence-electron chi connectivity index (χ4n) is 1.96. The summed E-state index contributed by atoms with van der Waals surface area (Å²) in [6.45, 7) is 1.14. The number of hydrogen-bond donors (Lipinski definition) is 0. The Hall–Kier alpha value is -1.19. The average molecular weight is 350 g/mol. The van der Waals surface area contributed by atoms with Gasteiger partial charge >= 0.3 is 0 Å². The molecule has 0 radical (unpaired) electrons. The van der Waals surface area contributed by atoms with Crippen molar-refractivity contribution in [2.75, 3.05) is 17.3 Å². The van der Waals surface area contributed by atoms with Gasteiger partial charge < -0.3 is 0 Å². The second-order valence-corrected chi connectivity index (χ2v) is 11.1. The summed E-state index contributed by atoms with van der Waals surface area (Å²) in [4.78, 5) is -0.922. The van der Waals surface area contributed by atoms with E-state index in [0.717, 1.165) is 6.92 Å². The van der Waals surface area contributed by atoms with Crippen molar-refractivity contribution in [1.82, 2.24) is 0 Å². The number of allylic oxidation sites excluding steroid dienone is 1. The lowest BCUT2D eigenvalue weighted by molar-refractivity contribution is 0.586. The highest BCUT2D eigenvalue weighted by Gasteiger charge is 2.36. The van der Waals surface area contributed by atoms with Crippen molar-refractivity contribution < 1.29 is 25.3 Å². The molecule has 1 aliphatic rings. The SMILES string of the molecule is CC1=C(CS(=O)(=O)c2ccccc2)S(=O)(=O)CCS1(=O)=O. The van der Waals surface area contributed by atoms with Crippen molar-refractivity contribution in [3.05, 3.63) is 40.1 Å². The average Bonchev–Trinajstić information content (AvgIpc) is 2.42. The maximum absolute atomic E-state index is 12.3. The molecular formula is C12H14O6S3. The normalized spacial score (nSPS) is 21.2. The van der Waals surface area contributed by atoms with E-state index in [4.69, 9.17) is 0 Å². The zero-order valence-corrected chi connectivity index (χ0v) is 13.6. The van der Waals surface area contributed by atoms with Crippen molar-refractivity contribution in [3.8, 4) is 0 Å². The number of hydrogen-bond acceptors (Lipinski definition) is 6. The lowest BCUT2D eigenvalue weighted by Gasteiger charge is -2.18. The van der Waals surface area contributed by atoms with Crippen LogP contribution in [0.3, 0.4) is 0 Å². The van der Waals surface area contributed by atoms with Gasteiger partial charge in [-0.05, 0) is 19.1 Å². The Morgan fingerprint density at radius 1 is 0.952 bits per heavy atom. The van der Waals surface area contributed by atoms with Crippen LogP contribution in [-0.2, 0) is 29.5 Å². The third kappa shape index (κ3) is 3.19. The van der Waals surface area contributed by atoms with Crippen molar-refractivity contribution >= 4 is 29.5 Å². The van der Waals surface area contributed by atoms with Crippen LogP contribution in [0.5, 0.6) is 0 Å². The molecule has 0 aromatic heterocycles. The number of rotatable bonds is 3. The minimum atomic E-state index is -3.92. The van der Waals surface area contributed by atoms with E-state index in [9.17, 15) is 25.3 Å². The Morgan fingerprint density at radius 3 is 2.05 bits per heavy atom. The van der Waals surface area contributed by atoms with E-state index in [1.807, 2.05) is 0 Å². The van der Waals surface area contributed by atoms with Crippen molar-refractivity contribution in [2.45, 2.75) is 11.8 Å². The van der Waals surface area contributed by atoms with Crippen LogP contribution in [0.1, 0.15) is 6.92 Å². The largest absolute Gasteiger partial charge is 0.224 e. The van der Waals surface area contributed by atoms with Crippen LogP contribution in [0.15, 0.2) is 45.0 Å². The molecule has 2 rings (SSSR count). The molecule has 21 heavy (non-hydrogen) atoms. The van der Waals surface area contributed by atoms with Gasteiger partial charge in [-0.1, -0.05) is 18.2 Å². The first-order chi connectivity index (χ1) is 9.56. The van der Waals surface area contributed by atoms with Gasteiger partial charge in [0.2, 0.25) is 0 Å². The van der Waals surface area contributed by atoms with Crippen LogP contribution in [0.2, 0.25) is 0 Å². The molecule has 0 N–H and O–H groups in total. The minimum absolute atomic E-state index is 0.0385. The Balaban J connectivity index is 2.56. The second kappa shape index (κ2) is 5.22. The van der Waals surface area contributed by atoms with Crippen LogP contribution >= 0.6 is 0 Å². The highest BCUT2D eigenvalue weighted by atomic mass is 32.2. The molecular weight excluding hydrogens is 336 g/mol. The molecule has 1 heterocycles. The molecule has 0 spiro atoms. The van der Waals surface area contributed by atoms with Crippen LogP contribution < -0.4 is 0 Å². The van der Waals surface area contributed by atoms with E-state index in [2.05, 4.69) is 0 Å². The summed E-state index contributed by atoms with van der Waals surface area (Å²) < 4.78 is 72.1. The minimum Gasteiger partial charge on any atom is -0.224 e. The number of sulfone groups is 3. The second-order valence-electron chi connectivity index (χ2n) is 4.69. The number of benzene rings is 1. The van der Waals surface area contributed by atoms with Gasteiger partial charge in [0, 0.05) is 0 Å². The van der Waals surface area contributed by atoms with Gasteiger partial charge in [0.15, 0.2) is 29.5 Å². The van der Waals surface area contributed by atoms with Crippen LogP contribution in [0.4, 0.5) is 0 Å². The molecule has 0 atom stereocenters.